The number of aromatic nitrogens is 1. The van der Waals surface area contributed by atoms with Crippen LogP contribution >= 0.6 is 22.7 Å². The molecule has 1 aliphatic carbocycles. The number of aliphatic hydroxyl groups excluding tert-OH is 1. The van der Waals surface area contributed by atoms with Crippen LogP contribution < -0.4 is 5.32 Å². The maximum absolute atomic E-state index is 12.7. The van der Waals surface area contributed by atoms with Crippen molar-refractivity contribution < 1.29 is 9.90 Å². The Morgan fingerprint density at radius 3 is 2.64 bits per heavy atom. The highest BCUT2D eigenvalue weighted by atomic mass is 32.1. The van der Waals surface area contributed by atoms with Crippen molar-refractivity contribution in [1.82, 2.24) is 10.3 Å². The van der Waals surface area contributed by atoms with Crippen LogP contribution in [0, 0.1) is 0 Å². The molecule has 2 N–H and O–H groups in total. The molecule has 2 aromatic heterocycles. The quantitative estimate of drug-likeness (QED) is 0.587. The fourth-order valence-electron chi connectivity index (χ4n) is 3.86. The second-order valence-corrected chi connectivity index (χ2v) is 9.43. The highest BCUT2D eigenvalue weighted by molar-refractivity contribution is 7.13. The topological polar surface area (TPSA) is 62.2 Å². The summed E-state index contributed by atoms with van der Waals surface area (Å²) in [5.74, 6) is -0.114. The minimum Gasteiger partial charge on any atom is -0.388 e. The van der Waals surface area contributed by atoms with Crippen molar-refractivity contribution in [3.8, 4) is 10.6 Å². The lowest BCUT2D eigenvalue weighted by Gasteiger charge is -2.28. The predicted molar refractivity (Wildman–Crippen MR) is 115 cm³/mol. The Morgan fingerprint density at radius 1 is 1.21 bits per heavy atom. The lowest BCUT2D eigenvalue weighted by Crippen LogP contribution is -2.38. The maximum Gasteiger partial charge on any atom is 0.270 e. The third-order valence-corrected chi connectivity index (χ3v) is 7.86. The Labute approximate surface area is 173 Å². The van der Waals surface area contributed by atoms with Crippen molar-refractivity contribution in [2.45, 2.75) is 44.1 Å². The first-order valence-electron chi connectivity index (χ1n) is 9.65. The normalized spacial score (nSPS) is 16.8. The molecule has 6 heteroatoms. The van der Waals surface area contributed by atoms with Gasteiger partial charge in [-0.2, -0.15) is 0 Å². The summed E-state index contributed by atoms with van der Waals surface area (Å²) in [5, 5.41) is 15.7. The smallest absolute Gasteiger partial charge is 0.270 e. The van der Waals surface area contributed by atoms with Crippen LogP contribution in [-0.2, 0) is 5.41 Å². The number of thiophene rings is 1. The number of benzene rings is 1. The zero-order valence-corrected chi connectivity index (χ0v) is 17.5. The fraction of sp³-hybridized carbons (Fsp3) is 0.364. The number of aliphatic hydroxyl groups is 1. The summed E-state index contributed by atoms with van der Waals surface area (Å²) < 4.78 is 0. The van der Waals surface area contributed by atoms with Gasteiger partial charge in [-0.25, -0.2) is 4.98 Å². The molecule has 1 saturated carbocycles. The predicted octanol–water partition coefficient (Wildman–Crippen LogP) is 5.17. The largest absolute Gasteiger partial charge is 0.388 e. The van der Waals surface area contributed by atoms with Crippen LogP contribution in [0.2, 0.25) is 0 Å². The third-order valence-electron chi connectivity index (χ3n) is 5.47. The molecule has 4 nitrogen and oxygen atoms in total. The minimum absolute atomic E-state index is 0.0221. The van der Waals surface area contributed by atoms with Gasteiger partial charge >= 0.3 is 0 Å². The van der Waals surface area contributed by atoms with Crippen LogP contribution in [-0.4, -0.2) is 22.5 Å². The van der Waals surface area contributed by atoms with Crippen molar-refractivity contribution in [3.05, 3.63) is 63.3 Å². The van der Waals surface area contributed by atoms with Gasteiger partial charge in [-0.05, 0) is 31.9 Å². The molecule has 0 bridgehead atoms. The van der Waals surface area contributed by atoms with Crippen LogP contribution in [0.5, 0.6) is 0 Å². The summed E-state index contributed by atoms with van der Waals surface area (Å²) in [7, 11) is 0. The van der Waals surface area contributed by atoms with E-state index in [4.69, 9.17) is 0 Å². The van der Waals surface area contributed by atoms with E-state index in [1.54, 1.807) is 18.3 Å². The second-order valence-electron chi connectivity index (χ2n) is 7.45. The molecule has 28 heavy (non-hydrogen) atoms. The molecule has 4 rings (SSSR count). The van der Waals surface area contributed by atoms with E-state index in [2.05, 4.69) is 16.4 Å². The van der Waals surface area contributed by atoms with Gasteiger partial charge in [-0.15, -0.1) is 22.7 Å². The van der Waals surface area contributed by atoms with Crippen molar-refractivity contribution >= 4 is 28.6 Å². The Kier molecular flexibility index (Phi) is 5.62. The van der Waals surface area contributed by atoms with Gasteiger partial charge < -0.3 is 10.4 Å². The van der Waals surface area contributed by atoms with Crippen LogP contribution in [0.3, 0.4) is 0 Å². The highest BCUT2D eigenvalue weighted by Crippen LogP contribution is 2.44. The lowest BCUT2D eigenvalue weighted by molar-refractivity contribution is 0.0939. The molecular weight excluding hydrogens is 388 g/mol. The first kappa shape index (κ1) is 19.3. The van der Waals surface area contributed by atoms with E-state index in [9.17, 15) is 9.90 Å². The van der Waals surface area contributed by atoms with E-state index in [0.717, 1.165) is 28.3 Å². The van der Waals surface area contributed by atoms with Gasteiger partial charge in [-0.3, -0.25) is 4.79 Å². The molecule has 0 aliphatic heterocycles. The first-order chi connectivity index (χ1) is 13.6. The zero-order chi connectivity index (χ0) is 19.6. The SMILES string of the molecule is C[C@@H](O)c1ccc(C2(CNC(=O)c3csc(-c4ccccc4)n3)CCCC2)s1. The van der Waals surface area contributed by atoms with Crippen molar-refractivity contribution in [3.63, 3.8) is 0 Å². The number of hydrogen-bond acceptors (Lipinski definition) is 5. The Hall–Kier alpha value is -2.02. The van der Waals surface area contributed by atoms with Crippen LogP contribution in [0.15, 0.2) is 47.8 Å². The van der Waals surface area contributed by atoms with Gasteiger partial charge in [0.1, 0.15) is 10.7 Å². The van der Waals surface area contributed by atoms with Gasteiger partial charge in [0.2, 0.25) is 0 Å². The van der Waals surface area contributed by atoms with E-state index >= 15 is 0 Å². The number of carbonyl (C=O) groups excluding carboxylic acids is 1. The molecule has 1 amide bonds. The van der Waals surface area contributed by atoms with E-state index in [-0.39, 0.29) is 11.3 Å². The number of carbonyl (C=O) groups is 1. The molecule has 0 spiro atoms. The van der Waals surface area contributed by atoms with Gasteiger partial charge in [-0.1, -0.05) is 43.2 Å². The average molecular weight is 413 g/mol. The summed E-state index contributed by atoms with van der Waals surface area (Å²) in [5.41, 5.74) is 1.49. The molecule has 0 saturated heterocycles. The first-order valence-corrected chi connectivity index (χ1v) is 11.3. The molecule has 2 heterocycles. The van der Waals surface area contributed by atoms with Crippen molar-refractivity contribution in [1.29, 1.82) is 0 Å². The van der Waals surface area contributed by atoms with Crippen molar-refractivity contribution in [2.75, 3.05) is 6.54 Å². The second kappa shape index (κ2) is 8.15. The number of nitrogens with zero attached hydrogens (tertiary/aromatic N) is 1. The number of amides is 1. The molecule has 0 radical (unpaired) electrons. The lowest BCUT2D eigenvalue weighted by atomic mass is 9.84. The van der Waals surface area contributed by atoms with Crippen LogP contribution in [0.25, 0.3) is 10.6 Å². The number of nitrogens with one attached hydrogen (secondary N) is 1. The molecule has 1 aromatic carbocycles. The average Bonchev–Trinajstić information content (AvgIpc) is 3.47. The van der Waals surface area contributed by atoms with Gasteiger partial charge in [0, 0.05) is 32.7 Å². The Bertz CT molecular complexity index is 940. The van der Waals surface area contributed by atoms with Gasteiger partial charge in [0.05, 0.1) is 6.10 Å². The van der Waals surface area contributed by atoms with E-state index < -0.39 is 6.10 Å². The van der Waals surface area contributed by atoms with Crippen LogP contribution in [0.1, 0.15) is 59.0 Å². The third kappa shape index (κ3) is 3.90. The van der Waals surface area contributed by atoms with Crippen molar-refractivity contribution in [2.24, 2.45) is 0 Å². The molecule has 0 unspecified atom stereocenters. The highest BCUT2D eigenvalue weighted by Gasteiger charge is 2.37. The summed E-state index contributed by atoms with van der Waals surface area (Å²) in [4.78, 5) is 19.5. The maximum atomic E-state index is 12.7. The van der Waals surface area contributed by atoms with Gasteiger partial charge in [0.25, 0.3) is 5.91 Å². The molecule has 1 fully saturated rings. The Balaban J connectivity index is 1.47. The molecule has 146 valence electrons. The Morgan fingerprint density at radius 2 is 1.96 bits per heavy atom. The fourth-order valence-corrected chi connectivity index (χ4v) is 5.85. The standard InChI is InChI=1S/C22H24N2O2S2/c1-15(25)18-9-10-19(28-18)22(11-5-6-12-22)14-23-20(26)17-13-27-21(24-17)16-7-3-2-4-8-16/h2-4,7-10,13,15,25H,5-6,11-12,14H2,1H3,(H,23,26)/t15-/m1/s1. The number of thiazole rings is 1. The molecule has 1 aliphatic rings. The minimum atomic E-state index is -0.446. The van der Waals surface area contributed by atoms with E-state index in [1.807, 2.05) is 41.8 Å². The number of hydrogen-bond donors (Lipinski definition) is 2. The number of rotatable bonds is 6. The van der Waals surface area contributed by atoms with Crippen LogP contribution in [0.4, 0.5) is 0 Å². The summed E-state index contributed by atoms with van der Waals surface area (Å²) in [6.07, 6.45) is 4.04. The van der Waals surface area contributed by atoms with E-state index in [0.29, 0.717) is 12.2 Å². The monoisotopic (exact) mass is 412 g/mol. The van der Waals surface area contributed by atoms with Gasteiger partial charge in [0.15, 0.2) is 0 Å². The molecular formula is C22H24N2O2S2. The molecule has 3 aromatic rings. The zero-order valence-electron chi connectivity index (χ0n) is 15.9. The summed E-state index contributed by atoms with van der Waals surface area (Å²) >= 11 is 3.16. The molecule has 1 atom stereocenters. The van der Waals surface area contributed by atoms with E-state index in [1.165, 1.54) is 29.1 Å². The summed E-state index contributed by atoms with van der Waals surface area (Å²) in [6, 6.07) is 14.1. The summed E-state index contributed by atoms with van der Waals surface area (Å²) in [6.45, 7) is 2.41.